The van der Waals surface area contributed by atoms with Crippen LogP contribution in [0.1, 0.15) is 23.6 Å². The molecule has 8 heteroatoms. The molecule has 0 fully saturated rings. The molecule has 1 atom stereocenters. The van der Waals surface area contributed by atoms with E-state index >= 15 is 0 Å². The molecule has 1 aliphatic heterocycles. The topological polar surface area (TPSA) is 87.3 Å². The summed E-state index contributed by atoms with van der Waals surface area (Å²) in [6, 6.07) is 8.50. The van der Waals surface area contributed by atoms with Crippen LogP contribution in [0.15, 0.2) is 41.3 Å². The lowest BCUT2D eigenvalue weighted by atomic mass is 9.99. The fraction of sp³-hybridized carbons (Fsp3) is 0.316. The van der Waals surface area contributed by atoms with Gasteiger partial charge < -0.3 is 10.6 Å². The summed E-state index contributed by atoms with van der Waals surface area (Å²) in [4.78, 5) is 12.4. The Labute approximate surface area is 158 Å². The molecule has 144 valence electrons. The Bertz CT molecular complexity index is 959. The molecule has 1 heterocycles. The largest absolute Gasteiger partial charge is 0.322 e. The van der Waals surface area contributed by atoms with Crippen molar-refractivity contribution in [1.29, 1.82) is 0 Å². The molecule has 3 N–H and O–H groups in total. The highest BCUT2D eigenvalue weighted by Gasteiger charge is 2.24. The lowest BCUT2D eigenvalue weighted by Gasteiger charge is -2.20. The number of sulfonamides is 1. The van der Waals surface area contributed by atoms with Crippen molar-refractivity contribution in [2.45, 2.75) is 37.8 Å². The van der Waals surface area contributed by atoms with Crippen LogP contribution in [0.2, 0.25) is 0 Å². The van der Waals surface area contributed by atoms with Crippen LogP contribution < -0.4 is 15.4 Å². The molecule has 0 bridgehead atoms. The number of benzene rings is 2. The molecule has 27 heavy (non-hydrogen) atoms. The van der Waals surface area contributed by atoms with E-state index in [1.54, 1.807) is 18.2 Å². The first-order valence-electron chi connectivity index (χ1n) is 8.69. The van der Waals surface area contributed by atoms with Gasteiger partial charge in [-0.15, -0.1) is 0 Å². The van der Waals surface area contributed by atoms with E-state index in [0.29, 0.717) is 25.1 Å². The fourth-order valence-corrected chi connectivity index (χ4v) is 4.15. The average molecular weight is 391 g/mol. The summed E-state index contributed by atoms with van der Waals surface area (Å²) >= 11 is 0. The normalized spacial score (nSPS) is 15.1. The SMILES string of the molecule is Cc1ccc(S(=O)(=O)NC(C)C(=O)Nc2ccc3c(c2F)CCNC3)cc1. The van der Waals surface area contributed by atoms with Gasteiger partial charge in [0.05, 0.1) is 16.6 Å². The molecule has 2 aromatic rings. The zero-order valence-electron chi connectivity index (χ0n) is 15.2. The highest BCUT2D eigenvalue weighted by Crippen LogP contribution is 2.24. The first-order valence-corrected chi connectivity index (χ1v) is 10.2. The number of hydrogen-bond acceptors (Lipinski definition) is 4. The van der Waals surface area contributed by atoms with Gasteiger partial charge in [0.15, 0.2) is 0 Å². The predicted molar refractivity (Wildman–Crippen MR) is 101 cm³/mol. The van der Waals surface area contributed by atoms with Gasteiger partial charge in [-0.05, 0) is 56.1 Å². The van der Waals surface area contributed by atoms with Crippen molar-refractivity contribution >= 4 is 21.6 Å². The Morgan fingerprint density at radius 2 is 1.89 bits per heavy atom. The van der Waals surface area contributed by atoms with Crippen molar-refractivity contribution in [2.75, 3.05) is 11.9 Å². The molecule has 0 saturated heterocycles. The van der Waals surface area contributed by atoms with Crippen molar-refractivity contribution in [2.24, 2.45) is 0 Å². The number of carbonyl (C=O) groups is 1. The summed E-state index contributed by atoms with van der Waals surface area (Å²) in [5.74, 6) is -1.09. The van der Waals surface area contributed by atoms with Gasteiger partial charge in [0, 0.05) is 6.54 Å². The van der Waals surface area contributed by atoms with Crippen LogP contribution in [-0.2, 0) is 27.8 Å². The Morgan fingerprint density at radius 3 is 2.59 bits per heavy atom. The maximum Gasteiger partial charge on any atom is 0.242 e. The number of hydrogen-bond donors (Lipinski definition) is 3. The summed E-state index contributed by atoms with van der Waals surface area (Å²) in [6.45, 7) is 4.53. The number of amides is 1. The molecule has 3 rings (SSSR count). The third-order valence-electron chi connectivity index (χ3n) is 4.52. The van der Waals surface area contributed by atoms with E-state index in [1.807, 2.05) is 6.92 Å². The zero-order chi connectivity index (χ0) is 19.6. The summed E-state index contributed by atoms with van der Waals surface area (Å²) in [6.07, 6.45) is 0.542. The quantitative estimate of drug-likeness (QED) is 0.728. The van der Waals surface area contributed by atoms with E-state index in [-0.39, 0.29) is 10.6 Å². The smallest absolute Gasteiger partial charge is 0.242 e. The Balaban J connectivity index is 1.72. The minimum Gasteiger partial charge on any atom is -0.322 e. The number of rotatable bonds is 5. The molecule has 1 aliphatic rings. The van der Waals surface area contributed by atoms with Crippen LogP contribution in [0.3, 0.4) is 0 Å². The van der Waals surface area contributed by atoms with Gasteiger partial charge in [0.25, 0.3) is 0 Å². The van der Waals surface area contributed by atoms with E-state index < -0.39 is 27.8 Å². The summed E-state index contributed by atoms with van der Waals surface area (Å²) in [5.41, 5.74) is 2.43. The third kappa shape index (κ3) is 4.35. The number of fused-ring (bicyclic) bond motifs is 1. The lowest BCUT2D eigenvalue weighted by Crippen LogP contribution is -2.41. The molecule has 1 amide bonds. The molecule has 0 aliphatic carbocycles. The van der Waals surface area contributed by atoms with Crippen molar-refractivity contribution in [3.8, 4) is 0 Å². The molecule has 2 aromatic carbocycles. The highest BCUT2D eigenvalue weighted by molar-refractivity contribution is 7.89. The standard InChI is InChI=1S/C19H22FN3O3S/c1-12-3-6-15(7-4-12)27(25,26)23-13(2)19(24)22-17-8-5-14-11-21-10-9-16(14)18(17)20/h3-8,13,21,23H,9-11H2,1-2H3,(H,22,24). The Hall–Kier alpha value is -2.29. The summed E-state index contributed by atoms with van der Waals surface area (Å²) < 4.78 is 41.8. The monoisotopic (exact) mass is 391 g/mol. The molecular weight excluding hydrogens is 369 g/mol. The Kier molecular flexibility index (Phi) is 5.59. The number of nitrogens with one attached hydrogen (secondary N) is 3. The van der Waals surface area contributed by atoms with E-state index in [2.05, 4.69) is 15.4 Å². The number of halogens is 1. The van der Waals surface area contributed by atoms with Crippen LogP contribution in [0.5, 0.6) is 0 Å². The van der Waals surface area contributed by atoms with Crippen LogP contribution in [0.4, 0.5) is 10.1 Å². The molecular formula is C19H22FN3O3S. The van der Waals surface area contributed by atoms with Gasteiger partial charge in [0.1, 0.15) is 5.82 Å². The van der Waals surface area contributed by atoms with Gasteiger partial charge in [0.2, 0.25) is 15.9 Å². The minimum absolute atomic E-state index is 0.0574. The summed E-state index contributed by atoms with van der Waals surface area (Å²) in [7, 11) is -3.85. The van der Waals surface area contributed by atoms with Crippen molar-refractivity contribution < 1.29 is 17.6 Å². The van der Waals surface area contributed by atoms with Gasteiger partial charge in [-0.3, -0.25) is 4.79 Å². The van der Waals surface area contributed by atoms with Gasteiger partial charge in [-0.25, -0.2) is 12.8 Å². The number of aryl methyl sites for hydroxylation is 1. The van der Waals surface area contributed by atoms with E-state index in [9.17, 15) is 17.6 Å². The van der Waals surface area contributed by atoms with Crippen molar-refractivity contribution in [1.82, 2.24) is 10.0 Å². The number of carbonyl (C=O) groups excluding carboxylic acids is 1. The zero-order valence-corrected chi connectivity index (χ0v) is 16.0. The third-order valence-corrected chi connectivity index (χ3v) is 6.08. The molecule has 1 unspecified atom stereocenters. The van der Waals surface area contributed by atoms with Gasteiger partial charge in [-0.2, -0.15) is 4.72 Å². The van der Waals surface area contributed by atoms with Crippen LogP contribution >= 0.6 is 0 Å². The van der Waals surface area contributed by atoms with Crippen LogP contribution in [-0.4, -0.2) is 26.9 Å². The maximum absolute atomic E-state index is 14.6. The van der Waals surface area contributed by atoms with E-state index in [4.69, 9.17) is 0 Å². The second-order valence-electron chi connectivity index (χ2n) is 6.64. The predicted octanol–water partition coefficient (Wildman–Crippen LogP) is 2.09. The van der Waals surface area contributed by atoms with Crippen LogP contribution in [0.25, 0.3) is 0 Å². The first-order chi connectivity index (χ1) is 12.8. The molecule has 0 aromatic heterocycles. The molecule has 0 spiro atoms. The second-order valence-corrected chi connectivity index (χ2v) is 8.35. The fourth-order valence-electron chi connectivity index (χ4n) is 2.94. The highest BCUT2D eigenvalue weighted by atomic mass is 32.2. The molecule has 6 nitrogen and oxygen atoms in total. The first kappa shape index (κ1) is 19.5. The molecule has 0 saturated carbocycles. The van der Waals surface area contributed by atoms with Gasteiger partial charge >= 0.3 is 0 Å². The van der Waals surface area contributed by atoms with Gasteiger partial charge in [-0.1, -0.05) is 23.8 Å². The van der Waals surface area contributed by atoms with Crippen LogP contribution in [0, 0.1) is 12.7 Å². The Morgan fingerprint density at radius 1 is 1.19 bits per heavy atom. The second kappa shape index (κ2) is 7.75. The molecule has 0 radical (unpaired) electrons. The lowest BCUT2D eigenvalue weighted by molar-refractivity contribution is -0.117. The van der Waals surface area contributed by atoms with Crippen molar-refractivity contribution in [3.05, 3.63) is 58.9 Å². The van der Waals surface area contributed by atoms with E-state index in [1.165, 1.54) is 25.1 Å². The summed E-state index contributed by atoms with van der Waals surface area (Å²) in [5, 5.41) is 5.64. The maximum atomic E-state index is 14.6. The minimum atomic E-state index is -3.85. The number of anilines is 1. The van der Waals surface area contributed by atoms with E-state index in [0.717, 1.165) is 11.1 Å². The average Bonchev–Trinajstić information content (AvgIpc) is 2.64. The van der Waals surface area contributed by atoms with Crippen molar-refractivity contribution in [3.63, 3.8) is 0 Å².